The van der Waals surface area contributed by atoms with Crippen LogP contribution in [0, 0.1) is 0 Å². The summed E-state index contributed by atoms with van der Waals surface area (Å²) < 4.78 is 0. The first-order chi connectivity index (χ1) is 8.33. The van der Waals surface area contributed by atoms with E-state index in [1.165, 1.54) is 10.4 Å². The molecule has 3 heteroatoms. The summed E-state index contributed by atoms with van der Waals surface area (Å²) in [5.41, 5.74) is 2.45. The molecule has 2 aromatic heterocycles. The van der Waals surface area contributed by atoms with Gasteiger partial charge in [-0.15, -0.1) is 11.3 Å². The fourth-order valence-corrected chi connectivity index (χ4v) is 2.67. The lowest BCUT2D eigenvalue weighted by Crippen LogP contribution is -2.18. The van der Waals surface area contributed by atoms with Crippen molar-refractivity contribution in [1.29, 1.82) is 0 Å². The highest BCUT2D eigenvalue weighted by Gasteiger charge is 2.11. The molecule has 2 rings (SSSR count). The minimum atomic E-state index is 0.370. The lowest BCUT2D eigenvalue weighted by atomic mass is 10.1. The zero-order valence-electron chi connectivity index (χ0n) is 10.3. The number of nitrogens with one attached hydrogen (secondary N) is 1. The molecule has 1 atom stereocenters. The van der Waals surface area contributed by atoms with Gasteiger partial charge in [0.05, 0.1) is 0 Å². The third kappa shape index (κ3) is 3.14. The molecule has 0 aromatic carbocycles. The first-order valence-electron chi connectivity index (χ1n) is 5.98. The molecule has 0 fully saturated rings. The van der Waals surface area contributed by atoms with E-state index in [0.717, 1.165) is 18.5 Å². The Morgan fingerprint density at radius 2 is 2.24 bits per heavy atom. The molecule has 0 saturated heterocycles. The summed E-state index contributed by atoms with van der Waals surface area (Å²) in [4.78, 5) is 5.88. The molecular formula is C14H18N2S. The largest absolute Gasteiger partial charge is 0.312 e. The molecule has 0 amide bonds. The van der Waals surface area contributed by atoms with E-state index in [4.69, 9.17) is 0 Å². The highest BCUT2D eigenvalue weighted by atomic mass is 32.1. The van der Waals surface area contributed by atoms with Gasteiger partial charge in [0.25, 0.3) is 0 Å². The van der Waals surface area contributed by atoms with E-state index < -0.39 is 0 Å². The lowest BCUT2D eigenvalue weighted by Gasteiger charge is -2.14. The van der Waals surface area contributed by atoms with Crippen LogP contribution in [0.15, 0.2) is 35.8 Å². The second-order valence-electron chi connectivity index (χ2n) is 4.07. The van der Waals surface area contributed by atoms with Crippen LogP contribution in [0.2, 0.25) is 0 Å². The van der Waals surface area contributed by atoms with Crippen molar-refractivity contribution in [2.24, 2.45) is 0 Å². The molecule has 1 N–H and O–H groups in total. The fraction of sp³-hybridized carbons (Fsp3) is 0.357. The predicted octanol–water partition coefficient (Wildman–Crippen LogP) is 3.21. The van der Waals surface area contributed by atoms with Gasteiger partial charge in [0.15, 0.2) is 0 Å². The topological polar surface area (TPSA) is 24.9 Å². The summed E-state index contributed by atoms with van der Waals surface area (Å²) in [6.45, 7) is 2.15. The molecule has 1 unspecified atom stereocenters. The molecule has 0 aliphatic rings. The van der Waals surface area contributed by atoms with Crippen molar-refractivity contribution in [2.75, 3.05) is 7.05 Å². The van der Waals surface area contributed by atoms with Gasteiger partial charge in [-0.05, 0) is 36.5 Å². The van der Waals surface area contributed by atoms with Gasteiger partial charge in [-0.25, -0.2) is 0 Å². The Bertz CT molecular complexity index is 434. The van der Waals surface area contributed by atoms with Crippen molar-refractivity contribution in [2.45, 2.75) is 25.8 Å². The monoisotopic (exact) mass is 246 g/mol. The van der Waals surface area contributed by atoms with E-state index in [-0.39, 0.29) is 0 Å². The van der Waals surface area contributed by atoms with E-state index in [9.17, 15) is 0 Å². The fourth-order valence-electron chi connectivity index (χ4n) is 1.83. The maximum atomic E-state index is 4.51. The minimum absolute atomic E-state index is 0.370. The third-order valence-electron chi connectivity index (χ3n) is 2.94. The summed E-state index contributed by atoms with van der Waals surface area (Å²) in [6, 6.07) is 8.94. The van der Waals surface area contributed by atoms with Crippen LogP contribution in [0.5, 0.6) is 0 Å². The summed E-state index contributed by atoms with van der Waals surface area (Å²) in [6.07, 6.45) is 3.98. The van der Waals surface area contributed by atoms with Crippen molar-refractivity contribution in [1.82, 2.24) is 10.3 Å². The normalized spacial score (nSPS) is 12.6. The van der Waals surface area contributed by atoms with E-state index in [1.807, 2.05) is 13.2 Å². The molecule has 0 aliphatic carbocycles. The Labute approximate surface area is 107 Å². The predicted molar refractivity (Wildman–Crippen MR) is 73.4 cm³/mol. The zero-order valence-corrected chi connectivity index (χ0v) is 11.1. The Morgan fingerprint density at radius 1 is 1.35 bits per heavy atom. The number of nitrogens with zero attached hydrogens (tertiary/aromatic N) is 1. The van der Waals surface area contributed by atoms with Crippen molar-refractivity contribution in [3.63, 3.8) is 0 Å². The molecule has 2 heterocycles. The van der Waals surface area contributed by atoms with Crippen LogP contribution in [0.1, 0.15) is 29.1 Å². The van der Waals surface area contributed by atoms with Crippen molar-refractivity contribution in [3.8, 4) is 0 Å². The van der Waals surface area contributed by atoms with E-state index in [2.05, 4.69) is 46.9 Å². The average Bonchev–Trinajstić information content (AvgIpc) is 2.90. The van der Waals surface area contributed by atoms with Crippen molar-refractivity contribution < 1.29 is 0 Å². The van der Waals surface area contributed by atoms with Gasteiger partial charge in [-0.3, -0.25) is 4.98 Å². The van der Waals surface area contributed by atoms with Crippen LogP contribution in [-0.4, -0.2) is 12.0 Å². The van der Waals surface area contributed by atoms with E-state index in [0.29, 0.717) is 6.04 Å². The van der Waals surface area contributed by atoms with Gasteiger partial charge in [0.1, 0.15) is 0 Å². The summed E-state index contributed by atoms with van der Waals surface area (Å²) >= 11 is 1.79. The highest BCUT2D eigenvalue weighted by molar-refractivity contribution is 7.10. The first-order valence-corrected chi connectivity index (χ1v) is 6.86. The summed E-state index contributed by atoms with van der Waals surface area (Å²) in [5.74, 6) is 0. The number of aryl methyl sites for hydroxylation is 1. The van der Waals surface area contributed by atoms with Crippen LogP contribution in [0.3, 0.4) is 0 Å². The van der Waals surface area contributed by atoms with Gasteiger partial charge in [-0.1, -0.05) is 19.1 Å². The van der Waals surface area contributed by atoms with Crippen LogP contribution >= 0.6 is 11.3 Å². The molecule has 90 valence electrons. The smallest absolute Gasteiger partial charge is 0.0468 e. The minimum Gasteiger partial charge on any atom is -0.312 e. The maximum absolute atomic E-state index is 4.51. The first kappa shape index (κ1) is 12.3. The van der Waals surface area contributed by atoms with Crippen molar-refractivity contribution in [3.05, 3.63) is 52.0 Å². The van der Waals surface area contributed by atoms with Crippen LogP contribution in [0.25, 0.3) is 0 Å². The molecule has 0 spiro atoms. The molecule has 17 heavy (non-hydrogen) atoms. The van der Waals surface area contributed by atoms with Crippen LogP contribution < -0.4 is 5.32 Å². The lowest BCUT2D eigenvalue weighted by molar-refractivity contribution is 0.594. The van der Waals surface area contributed by atoms with Crippen LogP contribution in [-0.2, 0) is 12.8 Å². The molecule has 2 nitrogen and oxygen atoms in total. The number of likely N-dealkylation sites (N-methyl/N-ethyl adjacent to an activating group) is 1. The highest BCUT2D eigenvalue weighted by Crippen LogP contribution is 2.21. The van der Waals surface area contributed by atoms with Crippen LogP contribution in [0.4, 0.5) is 0 Å². The Kier molecular flexibility index (Phi) is 4.29. The molecule has 0 bridgehead atoms. The molecule has 0 aliphatic heterocycles. The maximum Gasteiger partial charge on any atom is 0.0468 e. The van der Waals surface area contributed by atoms with Gasteiger partial charge in [-0.2, -0.15) is 0 Å². The van der Waals surface area contributed by atoms with Gasteiger partial charge in [0.2, 0.25) is 0 Å². The number of pyridine rings is 1. The van der Waals surface area contributed by atoms with Gasteiger partial charge in [0, 0.05) is 29.2 Å². The van der Waals surface area contributed by atoms with Gasteiger partial charge >= 0.3 is 0 Å². The van der Waals surface area contributed by atoms with Crippen molar-refractivity contribution >= 4 is 11.3 Å². The van der Waals surface area contributed by atoms with E-state index >= 15 is 0 Å². The third-order valence-corrected chi connectivity index (χ3v) is 3.93. The Balaban J connectivity index is 2.07. The molecule has 0 radical (unpaired) electrons. The Hall–Kier alpha value is -1.19. The number of hydrogen-bond donors (Lipinski definition) is 1. The quantitative estimate of drug-likeness (QED) is 0.876. The second-order valence-corrected chi connectivity index (χ2v) is 5.05. The average molecular weight is 246 g/mol. The van der Waals surface area contributed by atoms with E-state index in [1.54, 1.807) is 11.3 Å². The zero-order chi connectivity index (χ0) is 12.1. The van der Waals surface area contributed by atoms with Gasteiger partial charge < -0.3 is 5.32 Å². The molecular weight excluding hydrogens is 228 g/mol. The number of thiophene rings is 1. The second kappa shape index (κ2) is 5.94. The number of hydrogen-bond acceptors (Lipinski definition) is 3. The standard InChI is InChI=1S/C14H18N2S/c1-3-11-6-7-12(16-10-11)9-13(15-2)14-5-4-8-17-14/h4-8,10,13,15H,3,9H2,1-2H3. The summed E-state index contributed by atoms with van der Waals surface area (Å²) in [5, 5.41) is 5.47. The SMILES string of the molecule is CCc1ccc(CC(NC)c2cccs2)nc1. The number of rotatable bonds is 5. The Morgan fingerprint density at radius 3 is 2.76 bits per heavy atom. The summed E-state index contributed by atoms with van der Waals surface area (Å²) in [7, 11) is 2.00. The molecule has 2 aromatic rings. The number of aromatic nitrogens is 1. The molecule has 0 saturated carbocycles.